The first kappa shape index (κ1) is 24.6. The lowest BCUT2D eigenvalue weighted by atomic mass is 10.2. The number of hydrogen-bond donors (Lipinski definition) is 3. The maximum atomic E-state index is 12.6. The first-order valence-corrected chi connectivity index (χ1v) is 11.5. The molecule has 0 radical (unpaired) electrons. The molecule has 1 heterocycles. The van der Waals surface area contributed by atoms with Crippen LogP contribution in [-0.4, -0.2) is 51.2 Å². The van der Waals surface area contributed by atoms with Crippen molar-refractivity contribution in [3.8, 4) is 5.75 Å². The average molecular weight is 490 g/mol. The zero-order valence-corrected chi connectivity index (χ0v) is 19.7. The van der Waals surface area contributed by atoms with Crippen LogP contribution in [0.2, 0.25) is 5.02 Å². The second-order valence-electron chi connectivity index (χ2n) is 6.87. The topological polar surface area (TPSA) is 118 Å². The molecular weight excluding hydrogens is 466 g/mol. The normalized spacial score (nSPS) is 11.6. The lowest BCUT2D eigenvalue weighted by Crippen LogP contribution is -2.32. The number of nitrogens with zero attached hydrogens (tertiary/aromatic N) is 3. The number of amides is 2. The molecule has 3 rings (SSSR count). The smallest absolute Gasteiger partial charge is 0.251 e. The Morgan fingerprint density at radius 1 is 1.21 bits per heavy atom. The number of aliphatic hydroxyl groups is 1. The number of carbonyl (C=O) groups is 2. The van der Waals surface area contributed by atoms with Gasteiger partial charge in [-0.15, -0.1) is 10.2 Å². The van der Waals surface area contributed by atoms with E-state index in [4.69, 9.17) is 16.3 Å². The van der Waals surface area contributed by atoms with E-state index in [1.54, 1.807) is 60.2 Å². The van der Waals surface area contributed by atoms with Crippen LogP contribution >= 0.6 is 23.4 Å². The Morgan fingerprint density at radius 3 is 2.61 bits per heavy atom. The molecule has 0 spiro atoms. The summed E-state index contributed by atoms with van der Waals surface area (Å²) in [5.74, 6) is 0.558. The first-order valence-electron chi connectivity index (χ1n) is 10.1. The van der Waals surface area contributed by atoms with Gasteiger partial charge >= 0.3 is 0 Å². The Hall–Kier alpha value is -3.08. The summed E-state index contributed by atoms with van der Waals surface area (Å²) in [6.45, 7) is 2.03. The number of ether oxygens (including phenoxy) is 1. The summed E-state index contributed by atoms with van der Waals surface area (Å²) < 4.78 is 6.86. The van der Waals surface area contributed by atoms with Crippen LogP contribution in [-0.2, 0) is 11.3 Å². The predicted molar refractivity (Wildman–Crippen MR) is 127 cm³/mol. The standard InChI is InChI=1S/C22H24ClN5O4S/c1-3-28-20(18(12-29)25-21(31)14-7-9-17(32-2)10-8-14)26-27-22(28)33-13-19(30)24-16-6-4-5-15(23)11-16/h4-11,18,29H,3,12-13H2,1-2H3,(H,24,30)(H,25,31)/t18-/m1/s1. The van der Waals surface area contributed by atoms with Gasteiger partial charge in [-0.25, -0.2) is 0 Å². The molecule has 0 saturated carbocycles. The molecule has 1 aromatic heterocycles. The number of carbonyl (C=O) groups excluding carboxylic acids is 2. The molecule has 3 N–H and O–H groups in total. The Morgan fingerprint density at radius 2 is 1.97 bits per heavy atom. The van der Waals surface area contributed by atoms with E-state index in [-0.39, 0.29) is 24.2 Å². The molecule has 0 bridgehead atoms. The monoisotopic (exact) mass is 489 g/mol. The van der Waals surface area contributed by atoms with Gasteiger partial charge in [-0.1, -0.05) is 29.4 Å². The average Bonchev–Trinajstić information content (AvgIpc) is 3.23. The largest absolute Gasteiger partial charge is 0.497 e. The van der Waals surface area contributed by atoms with E-state index in [1.807, 2.05) is 6.92 Å². The van der Waals surface area contributed by atoms with Gasteiger partial charge in [0.2, 0.25) is 5.91 Å². The number of benzene rings is 2. The highest BCUT2D eigenvalue weighted by atomic mass is 35.5. The zero-order chi connectivity index (χ0) is 23.8. The molecule has 3 aromatic rings. The number of aromatic nitrogens is 3. The van der Waals surface area contributed by atoms with Crippen LogP contribution < -0.4 is 15.4 Å². The van der Waals surface area contributed by atoms with E-state index in [2.05, 4.69) is 20.8 Å². The maximum absolute atomic E-state index is 12.6. The molecular formula is C22H24ClN5O4S. The van der Waals surface area contributed by atoms with Gasteiger partial charge in [-0.05, 0) is 49.4 Å². The molecule has 0 fully saturated rings. The number of methoxy groups -OCH3 is 1. The van der Waals surface area contributed by atoms with Crippen molar-refractivity contribution in [3.63, 3.8) is 0 Å². The molecule has 1 atom stereocenters. The molecule has 11 heteroatoms. The van der Waals surface area contributed by atoms with E-state index in [9.17, 15) is 14.7 Å². The van der Waals surface area contributed by atoms with E-state index in [0.29, 0.717) is 39.5 Å². The lowest BCUT2D eigenvalue weighted by molar-refractivity contribution is -0.113. The number of halogens is 1. The van der Waals surface area contributed by atoms with Gasteiger partial charge in [0, 0.05) is 22.8 Å². The highest BCUT2D eigenvalue weighted by Crippen LogP contribution is 2.22. The molecule has 0 aliphatic heterocycles. The minimum absolute atomic E-state index is 0.104. The van der Waals surface area contributed by atoms with Crippen molar-refractivity contribution >= 4 is 40.9 Å². The second kappa shape index (κ2) is 11.7. The maximum Gasteiger partial charge on any atom is 0.251 e. The quantitative estimate of drug-likeness (QED) is 0.374. The van der Waals surface area contributed by atoms with Crippen molar-refractivity contribution in [1.29, 1.82) is 0 Å². The van der Waals surface area contributed by atoms with Gasteiger partial charge < -0.3 is 25.0 Å². The van der Waals surface area contributed by atoms with E-state index in [1.165, 1.54) is 11.8 Å². The van der Waals surface area contributed by atoms with Crippen LogP contribution in [0.1, 0.15) is 29.1 Å². The molecule has 0 unspecified atom stereocenters. The summed E-state index contributed by atoms with van der Waals surface area (Å²) in [4.78, 5) is 24.9. The third-order valence-corrected chi connectivity index (χ3v) is 5.86. The van der Waals surface area contributed by atoms with Crippen molar-refractivity contribution in [2.45, 2.75) is 24.7 Å². The van der Waals surface area contributed by atoms with Gasteiger partial charge in [-0.2, -0.15) is 0 Å². The summed E-state index contributed by atoms with van der Waals surface area (Å²) in [5.41, 5.74) is 1.02. The van der Waals surface area contributed by atoms with Crippen LogP contribution in [0, 0.1) is 0 Å². The second-order valence-corrected chi connectivity index (χ2v) is 8.25. The van der Waals surface area contributed by atoms with Gasteiger partial charge in [-0.3, -0.25) is 9.59 Å². The summed E-state index contributed by atoms with van der Waals surface area (Å²) >= 11 is 7.15. The Labute approximate surface area is 200 Å². The molecule has 0 aliphatic carbocycles. The lowest BCUT2D eigenvalue weighted by Gasteiger charge is -2.17. The van der Waals surface area contributed by atoms with Gasteiger partial charge in [0.05, 0.1) is 19.5 Å². The van der Waals surface area contributed by atoms with Crippen molar-refractivity contribution < 1.29 is 19.4 Å². The van der Waals surface area contributed by atoms with E-state index < -0.39 is 6.04 Å². The SMILES string of the molecule is CCn1c(SCC(=O)Nc2cccc(Cl)c2)nnc1[C@@H](CO)NC(=O)c1ccc(OC)cc1. The van der Waals surface area contributed by atoms with Crippen LogP contribution in [0.4, 0.5) is 5.69 Å². The van der Waals surface area contributed by atoms with Gasteiger partial charge in [0.25, 0.3) is 5.91 Å². The predicted octanol–water partition coefficient (Wildman–Crippen LogP) is 3.15. The molecule has 2 aromatic carbocycles. The van der Waals surface area contributed by atoms with Crippen LogP contribution in [0.15, 0.2) is 53.7 Å². The number of nitrogens with one attached hydrogen (secondary N) is 2. The number of hydrogen-bond acceptors (Lipinski definition) is 7. The number of aliphatic hydroxyl groups excluding tert-OH is 1. The Kier molecular flexibility index (Phi) is 8.70. The third kappa shape index (κ3) is 6.47. The minimum Gasteiger partial charge on any atom is -0.497 e. The molecule has 0 saturated heterocycles. The fraction of sp³-hybridized carbons (Fsp3) is 0.273. The summed E-state index contributed by atoms with van der Waals surface area (Å²) in [6, 6.07) is 12.7. The first-order chi connectivity index (χ1) is 15.9. The molecule has 174 valence electrons. The number of rotatable bonds is 10. The fourth-order valence-corrected chi connectivity index (χ4v) is 4.03. The molecule has 33 heavy (non-hydrogen) atoms. The van der Waals surface area contributed by atoms with Crippen LogP contribution in [0.25, 0.3) is 0 Å². The molecule has 9 nitrogen and oxygen atoms in total. The molecule has 2 amide bonds. The fourth-order valence-electron chi connectivity index (χ4n) is 3.03. The van der Waals surface area contributed by atoms with Gasteiger partial charge in [0.15, 0.2) is 11.0 Å². The molecule has 0 aliphatic rings. The highest BCUT2D eigenvalue weighted by Gasteiger charge is 2.23. The van der Waals surface area contributed by atoms with Crippen molar-refractivity contribution in [2.75, 3.05) is 24.8 Å². The summed E-state index contributed by atoms with van der Waals surface area (Å²) in [5, 5.41) is 24.8. The third-order valence-electron chi connectivity index (χ3n) is 4.65. The Bertz CT molecular complexity index is 1110. The number of thioether (sulfide) groups is 1. The Balaban J connectivity index is 1.65. The number of anilines is 1. The summed E-state index contributed by atoms with van der Waals surface area (Å²) in [7, 11) is 1.55. The van der Waals surface area contributed by atoms with E-state index >= 15 is 0 Å². The van der Waals surface area contributed by atoms with Gasteiger partial charge in [0.1, 0.15) is 11.8 Å². The summed E-state index contributed by atoms with van der Waals surface area (Å²) in [6.07, 6.45) is 0. The van der Waals surface area contributed by atoms with Crippen molar-refractivity contribution in [1.82, 2.24) is 20.1 Å². The zero-order valence-electron chi connectivity index (χ0n) is 18.1. The van der Waals surface area contributed by atoms with E-state index in [0.717, 1.165) is 0 Å². The minimum atomic E-state index is -0.762. The van der Waals surface area contributed by atoms with Crippen LogP contribution in [0.3, 0.4) is 0 Å². The van der Waals surface area contributed by atoms with Crippen molar-refractivity contribution in [2.24, 2.45) is 0 Å². The van der Waals surface area contributed by atoms with Crippen LogP contribution in [0.5, 0.6) is 5.75 Å². The van der Waals surface area contributed by atoms with Crippen molar-refractivity contribution in [3.05, 3.63) is 64.9 Å². The highest BCUT2D eigenvalue weighted by molar-refractivity contribution is 7.99.